The van der Waals surface area contributed by atoms with Crippen LogP contribution in [0.5, 0.6) is 0 Å². The molecule has 0 bridgehead atoms. The molecule has 2 aromatic carbocycles. The highest BCUT2D eigenvalue weighted by Gasteiger charge is 2.18. The summed E-state index contributed by atoms with van der Waals surface area (Å²) in [6, 6.07) is 11.1. The molecule has 0 aliphatic rings. The number of imidazole rings is 1. The third-order valence-corrected chi connectivity index (χ3v) is 4.91. The van der Waals surface area contributed by atoms with Crippen molar-refractivity contribution in [3.63, 3.8) is 0 Å². The van der Waals surface area contributed by atoms with Crippen LogP contribution >= 0.6 is 0 Å². The largest absolute Gasteiger partial charge is 0.441 e. The van der Waals surface area contributed by atoms with Crippen molar-refractivity contribution in [2.75, 3.05) is 13.7 Å². The van der Waals surface area contributed by atoms with Crippen LogP contribution in [0.25, 0.3) is 22.1 Å². The van der Waals surface area contributed by atoms with Crippen molar-refractivity contribution < 1.29 is 13.9 Å². The molecule has 2 aromatic heterocycles. The van der Waals surface area contributed by atoms with Gasteiger partial charge in [-0.3, -0.25) is 4.79 Å². The molecule has 7 nitrogen and oxygen atoms in total. The van der Waals surface area contributed by atoms with Crippen LogP contribution < -0.4 is 5.32 Å². The number of aryl methyl sites for hydroxylation is 1. The third kappa shape index (κ3) is 4.00. The van der Waals surface area contributed by atoms with E-state index in [9.17, 15) is 4.79 Å². The number of rotatable bonds is 7. The quantitative estimate of drug-likeness (QED) is 0.494. The first kappa shape index (κ1) is 19.1. The molecule has 7 heteroatoms. The van der Waals surface area contributed by atoms with E-state index in [1.807, 2.05) is 26.0 Å². The Bertz CT molecular complexity index is 1160. The van der Waals surface area contributed by atoms with Gasteiger partial charge in [0, 0.05) is 19.1 Å². The first-order chi connectivity index (χ1) is 14.1. The molecule has 0 saturated heterocycles. The Hall–Kier alpha value is -3.19. The van der Waals surface area contributed by atoms with E-state index in [-0.39, 0.29) is 11.9 Å². The zero-order valence-electron chi connectivity index (χ0n) is 16.8. The molecule has 0 unspecified atom stereocenters. The maximum absolute atomic E-state index is 12.8. The van der Waals surface area contributed by atoms with Crippen molar-refractivity contribution in [3.05, 3.63) is 59.2 Å². The van der Waals surface area contributed by atoms with Gasteiger partial charge in [0.25, 0.3) is 5.91 Å². The van der Waals surface area contributed by atoms with E-state index in [1.165, 1.54) is 0 Å². The summed E-state index contributed by atoms with van der Waals surface area (Å²) >= 11 is 0. The molecule has 1 amide bonds. The zero-order valence-corrected chi connectivity index (χ0v) is 16.8. The van der Waals surface area contributed by atoms with Crippen molar-refractivity contribution in [1.29, 1.82) is 0 Å². The minimum absolute atomic E-state index is 0.176. The predicted octanol–water partition coefficient (Wildman–Crippen LogP) is 4.08. The van der Waals surface area contributed by atoms with Gasteiger partial charge in [0.05, 0.1) is 23.7 Å². The number of carbonyl (C=O) groups excluding carboxylic acids is 1. The Labute approximate surface area is 168 Å². The van der Waals surface area contributed by atoms with Gasteiger partial charge < -0.3 is 19.5 Å². The summed E-state index contributed by atoms with van der Waals surface area (Å²) in [6.07, 6.45) is 1.31. The molecule has 2 N–H and O–H groups in total. The lowest BCUT2D eigenvalue weighted by molar-refractivity contribution is 0.0934. The highest BCUT2D eigenvalue weighted by atomic mass is 16.5. The number of carbonyl (C=O) groups is 1. The van der Waals surface area contributed by atoms with Gasteiger partial charge in [-0.15, -0.1) is 0 Å². The first-order valence-corrected chi connectivity index (χ1v) is 9.73. The Morgan fingerprint density at radius 2 is 2.03 bits per heavy atom. The zero-order chi connectivity index (χ0) is 20.4. The van der Waals surface area contributed by atoms with Gasteiger partial charge in [0.2, 0.25) is 0 Å². The molecule has 2 heterocycles. The number of amides is 1. The van der Waals surface area contributed by atoms with Crippen LogP contribution in [-0.4, -0.2) is 34.6 Å². The number of ether oxygens (including phenoxy) is 1. The average molecular weight is 392 g/mol. The number of aromatic amines is 1. The molecule has 1 atom stereocenters. The van der Waals surface area contributed by atoms with Crippen LogP contribution in [0.2, 0.25) is 0 Å². The summed E-state index contributed by atoms with van der Waals surface area (Å²) in [7, 11) is 1.64. The number of nitrogens with zero attached hydrogens (tertiary/aromatic N) is 2. The van der Waals surface area contributed by atoms with E-state index >= 15 is 0 Å². The van der Waals surface area contributed by atoms with Gasteiger partial charge in [-0.05, 0) is 49.2 Å². The molecule has 4 rings (SSSR count). The molecular formula is C22H24N4O3. The number of hydrogen-bond donors (Lipinski definition) is 2. The van der Waals surface area contributed by atoms with Crippen molar-refractivity contribution in [2.45, 2.75) is 32.7 Å². The van der Waals surface area contributed by atoms with E-state index in [0.717, 1.165) is 34.4 Å². The molecule has 0 aliphatic carbocycles. The van der Waals surface area contributed by atoms with E-state index in [4.69, 9.17) is 9.15 Å². The van der Waals surface area contributed by atoms with Crippen LogP contribution in [0.1, 0.15) is 47.0 Å². The van der Waals surface area contributed by atoms with Gasteiger partial charge in [0.15, 0.2) is 11.5 Å². The summed E-state index contributed by atoms with van der Waals surface area (Å²) in [5.41, 5.74) is 4.88. The topological polar surface area (TPSA) is 93.0 Å². The number of H-pyrrole nitrogens is 1. The molecule has 29 heavy (non-hydrogen) atoms. The lowest BCUT2D eigenvalue weighted by Gasteiger charge is -2.14. The fraction of sp³-hybridized carbons (Fsp3) is 0.318. The van der Waals surface area contributed by atoms with Gasteiger partial charge in [-0.2, -0.15) is 0 Å². The Morgan fingerprint density at radius 1 is 1.21 bits per heavy atom. The van der Waals surface area contributed by atoms with E-state index in [1.54, 1.807) is 25.3 Å². The molecule has 4 aromatic rings. The van der Waals surface area contributed by atoms with Crippen LogP contribution in [0.3, 0.4) is 0 Å². The molecular weight excluding hydrogens is 368 g/mol. The summed E-state index contributed by atoms with van der Waals surface area (Å²) in [4.78, 5) is 25.2. The number of methoxy groups -OCH3 is 1. The summed E-state index contributed by atoms with van der Waals surface area (Å²) in [6.45, 7) is 4.60. The average Bonchev–Trinajstić information content (AvgIpc) is 3.32. The molecule has 150 valence electrons. The normalized spacial score (nSPS) is 12.5. The number of aromatic nitrogens is 3. The fourth-order valence-corrected chi connectivity index (χ4v) is 3.32. The summed E-state index contributed by atoms with van der Waals surface area (Å²) < 4.78 is 10.8. The molecule has 0 spiro atoms. The fourth-order valence-electron chi connectivity index (χ4n) is 3.32. The van der Waals surface area contributed by atoms with Gasteiger partial charge in [-0.1, -0.05) is 13.0 Å². The van der Waals surface area contributed by atoms with E-state index in [0.29, 0.717) is 30.1 Å². The highest BCUT2D eigenvalue weighted by molar-refractivity contribution is 5.97. The molecule has 0 radical (unpaired) electrons. The number of benzene rings is 2. The van der Waals surface area contributed by atoms with Gasteiger partial charge in [-0.25, -0.2) is 9.97 Å². The van der Waals surface area contributed by atoms with Crippen molar-refractivity contribution in [3.8, 4) is 0 Å². The van der Waals surface area contributed by atoms with Crippen LogP contribution in [0.4, 0.5) is 0 Å². The summed E-state index contributed by atoms with van der Waals surface area (Å²) in [5.74, 6) is 1.18. The van der Waals surface area contributed by atoms with Crippen molar-refractivity contribution in [2.24, 2.45) is 0 Å². The second-order valence-corrected chi connectivity index (χ2v) is 7.11. The number of oxazole rings is 1. The smallest absolute Gasteiger partial charge is 0.252 e. The Kier molecular flexibility index (Phi) is 5.31. The first-order valence-electron chi connectivity index (χ1n) is 9.73. The molecule has 0 aliphatic heterocycles. The minimum atomic E-state index is -0.210. The number of fused-ring (bicyclic) bond motifs is 2. The lowest BCUT2D eigenvalue weighted by Crippen LogP contribution is -2.28. The SMILES string of the molecule is CC[C@H](NC(=O)c1ccc2nc(CCOC)oc2c1)c1nc2ccc(C)cc2[nH]1. The van der Waals surface area contributed by atoms with Gasteiger partial charge in [0.1, 0.15) is 11.3 Å². The Morgan fingerprint density at radius 3 is 2.83 bits per heavy atom. The molecule has 0 saturated carbocycles. The minimum Gasteiger partial charge on any atom is -0.441 e. The van der Waals surface area contributed by atoms with Gasteiger partial charge >= 0.3 is 0 Å². The predicted molar refractivity (Wildman–Crippen MR) is 111 cm³/mol. The monoisotopic (exact) mass is 392 g/mol. The Balaban J connectivity index is 1.54. The van der Waals surface area contributed by atoms with Crippen LogP contribution in [0.15, 0.2) is 40.8 Å². The third-order valence-electron chi connectivity index (χ3n) is 4.91. The van der Waals surface area contributed by atoms with Crippen molar-refractivity contribution in [1.82, 2.24) is 20.3 Å². The molecule has 0 fully saturated rings. The standard InChI is InChI=1S/C22H24N4O3/c1-4-15(21-24-16-7-5-13(2)11-18(16)25-21)26-22(27)14-6-8-17-19(12-14)29-20(23-17)9-10-28-3/h5-8,11-12,15H,4,9-10H2,1-3H3,(H,24,25)(H,26,27)/t15-/m0/s1. The number of hydrogen-bond acceptors (Lipinski definition) is 5. The summed E-state index contributed by atoms with van der Waals surface area (Å²) in [5, 5.41) is 3.07. The van der Waals surface area contributed by atoms with Crippen LogP contribution in [-0.2, 0) is 11.2 Å². The van der Waals surface area contributed by atoms with E-state index in [2.05, 4.69) is 26.3 Å². The van der Waals surface area contributed by atoms with Crippen LogP contribution in [0, 0.1) is 6.92 Å². The van der Waals surface area contributed by atoms with E-state index < -0.39 is 0 Å². The number of nitrogens with one attached hydrogen (secondary N) is 2. The second kappa shape index (κ2) is 8.05. The lowest BCUT2D eigenvalue weighted by atomic mass is 10.1. The maximum atomic E-state index is 12.8. The van der Waals surface area contributed by atoms with Crippen molar-refractivity contribution >= 4 is 28.0 Å². The maximum Gasteiger partial charge on any atom is 0.252 e. The second-order valence-electron chi connectivity index (χ2n) is 7.11. The highest BCUT2D eigenvalue weighted by Crippen LogP contribution is 2.21.